The van der Waals surface area contributed by atoms with E-state index in [4.69, 9.17) is 16.3 Å². The molecule has 0 unspecified atom stereocenters. The molecule has 0 saturated heterocycles. The lowest BCUT2D eigenvalue weighted by Crippen LogP contribution is -2.30. The molecule has 0 fully saturated rings. The van der Waals surface area contributed by atoms with Crippen LogP contribution >= 0.6 is 34.7 Å². The van der Waals surface area contributed by atoms with Gasteiger partial charge in [-0.3, -0.25) is 14.4 Å². The highest BCUT2D eigenvalue weighted by molar-refractivity contribution is 8.00. The van der Waals surface area contributed by atoms with Gasteiger partial charge in [0.15, 0.2) is 5.13 Å². The van der Waals surface area contributed by atoms with E-state index in [1.165, 1.54) is 23.1 Å². The van der Waals surface area contributed by atoms with E-state index in [1.807, 2.05) is 41.8 Å². The van der Waals surface area contributed by atoms with Gasteiger partial charge in [0, 0.05) is 32.1 Å². The Morgan fingerprint density at radius 1 is 0.911 bits per heavy atom. The van der Waals surface area contributed by atoms with Crippen molar-refractivity contribution in [3.63, 3.8) is 0 Å². The Morgan fingerprint density at radius 3 is 2.38 bits per heavy atom. The number of hydrogen-bond acceptors (Lipinski definition) is 7. The summed E-state index contributed by atoms with van der Waals surface area (Å²) in [6, 6.07) is 30.2. The Bertz CT molecular complexity index is 1830. The van der Waals surface area contributed by atoms with Gasteiger partial charge in [-0.25, -0.2) is 4.98 Å². The quantitative estimate of drug-likeness (QED) is 0.0999. The molecule has 3 N–H and O–H groups in total. The lowest BCUT2D eigenvalue weighted by Gasteiger charge is -2.12. The Morgan fingerprint density at radius 2 is 1.67 bits per heavy atom. The summed E-state index contributed by atoms with van der Waals surface area (Å²) in [4.78, 5) is 44.0. The number of ether oxygens (including phenoxy) is 1. The summed E-state index contributed by atoms with van der Waals surface area (Å²) in [5.41, 5.74) is 3.35. The van der Waals surface area contributed by atoms with E-state index in [9.17, 15) is 14.4 Å². The molecule has 45 heavy (non-hydrogen) atoms. The summed E-state index contributed by atoms with van der Waals surface area (Å²) in [6.07, 6.45) is 1.56. The van der Waals surface area contributed by atoms with Crippen LogP contribution < -0.4 is 20.7 Å². The van der Waals surface area contributed by atoms with E-state index in [-0.39, 0.29) is 17.4 Å². The van der Waals surface area contributed by atoms with Crippen molar-refractivity contribution in [2.75, 3.05) is 23.5 Å². The van der Waals surface area contributed by atoms with E-state index >= 15 is 0 Å². The number of hydrogen-bond donors (Lipinski definition) is 3. The molecule has 0 bridgehead atoms. The summed E-state index contributed by atoms with van der Waals surface area (Å²) in [7, 11) is 1.62. The normalized spacial score (nSPS) is 11.0. The minimum atomic E-state index is -0.503. The maximum Gasteiger partial charge on any atom is 0.272 e. The molecule has 0 aliphatic carbocycles. The Balaban J connectivity index is 1.17. The summed E-state index contributed by atoms with van der Waals surface area (Å²) in [6.45, 7) is 0. The molecule has 11 heteroatoms. The van der Waals surface area contributed by atoms with E-state index < -0.39 is 11.8 Å². The number of amides is 3. The number of aromatic nitrogens is 1. The number of nitrogens with zero attached hydrogens (tertiary/aromatic N) is 1. The average molecular weight is 655 g/mol. The molecule has 8 nitrogen and oxygen atoms in total. The molecule has 0 aliphatic rings. The van der Waals surface area contributed by atoms with Crippen LogP contribution in [0.2, 0.25) is 5.02 Å². The molecule has 0 radical (unpaired) electrons. The van der Waals surface area contributed by atoms with Crippen molar-refractivity contribution >= 4 is 69.3 Å². The third-order valence-electron chi connectivity index (χ3n) is 6.31. The largest absolute Gasteiger partial charge is 0.497 e. The van der Waals surface area contributed by atoms with Gasteiger partial charge in [-0.15, -0.1) is 23.1 Å². The van der Waals surface area contributed by atoms with Crippen LogP contribution in [-0.4, -0.2) is 35.6 Å². The number of benzene rings is 4. The number of rotatable bonds is 11. The molecule has 3 amide bonds. The van der Waals surface area contributed by atoms with Crippen LogP contribution in [0.3, 0.4) is 0 Å². The van der Waals surface area contributed by atoms with Crippen molar-refractivity contribution < 1.29 is 19.1 Å². The van der Waals surface area contributed by atoms with Crippen LogP contribution in [0.5, 0.6) is 5.75 Å². The monoisotopic (exact) mass is 654 g/mol. The zero-order valence-corrected chi connectivity index (χ0v) is 26.3. The highest BCUT2D eigenvalue weighted by Gasteiger charge is 2.16. The number of methoxy groups -OCH3 is 1. The molecule has 4 aromatic carbocycles. The third kappa shape index (κ3) is 9.05. The molecule has 5 aromatic rings. The predicted molar refractivity (Wildman–Crippen MR) is 182 cm³/mol. The fraction of sp³-hybridized carbons (Fsp3) is 0.0588. The van der Waals surface area contributed by atoms with Crippen LogP contribution in [0.1, 0.15) is 15.9 Å². The molecule has 0 atom stereocenters. The minimum absolute atomic E-state index is 0.0542. The molecule has 0 saturated carbocycles. The zero-order chi connectivity index (χ0) is 31.6. The van der Waals surface area contributed by atoms with Gasteiger partial charge in [-0.05, 0) is 84.4 Å². The predicted octanol–water partition coefficient (Wildman–Crippen LogP) is 7.61. The first-order valence-corrected chi connectivity index (χ1v) is 15.9. The second-order valence-corrected chi connectivity index (χ2v) is 11.9. The lowest BCUT2D eigenvalue weighted by molar-refractivity contribution is -0.114. The third-order valence-corrected chi connectivity index (χ3v) is 8.31. The number of halogens is 1. The first-order chi connectivity index (χ1) is 21.9. The van der Waals surface area contributed by atoms with Gasteiger partial charge in [0.25, 0.3) is 11.8 Å². The Kier molecular flexibility index (Phi) is 10.7. The topological polar surface area (TPSA) is 109 Å². The van der Waals surface area contributed by atoms with Crippen molar-refractivity contribution in [2.45, 2.75) is 4.90 Å². The number of anilines is 2. The van der Waals surface area contributed by atoms with Crippen LogP contribution in [0, 0.1) is 0 Å². The number of thiazole rings is 1. The number of thioether (sulfide) groups is 1. The maximum atomic E-state index is 13.3. The molecule has 1 heterocycles. The van der Waals surface area contributed by atoms with Crippen LogP contribution in [0.4, 0.5) is 10.8 Å². The second kappa shape index (κ2) is 15.2. The van der Waals surface area contributed by atoms with Crippen molar-refractivity contribution in [1.29, 1.82) is 0 Å². The van der Waals surface area contributed by atoms with E-state index in [0.717, 1.165) is 21.9 Å². The van der Waals surface area contributed by atoms with Gasteiger partial charge < -0.3 is 20.7 Å². The van der Waals surface area contributed by atoms with Gasteiger partial charge in [0.1, 0.15) is 11.4 Å². The smallest absolute Gasteiger partial charge is 0.272 e. The van der Waals surface area contributed by atoms with Crippen LogP contribution in [0.15, 0.2) is 119 Å². The van der Waals surface area contributed by atoms with Crippen LogP contribution in [0.25, 0.3) is 17.3 Å². The Hall–Kier alpha value is -4.90. The minimum Gasteiger partial charge on any atom is -0.497 e. The fourth-order valence-electron chi connectivity index (χ4n) is 4.07. The van der Waals surface area contributed by atoms with E-state index in [0.29, 0.717) is 27.0 Å². The van der Waals surface area contributed by atoms with Crippen molar-refractivity contribution in [2.24, 2.45) is 0 Å². The molecule has 0 spiro atoms. The van der Waals surface area contributed by atoms with Gasteiger partial charge in [-0.2, -0.15) is 0 Å². The van der Waals surface area contributed by atoms with Gasteiger partial charge >= 0.3 is 0 Å². The summed E-state index contributed by atoms with van der Waals surface area (Å²) < 4.78 is 5.19. The highest BCUT2D eigenvalue weighted by atomic mass is 35.5. The second-order valence-electron chi connectivity index (χ2n) is 9.51. The van der Waals surface area contributed by atoms with Gasteiger partial charge in [0.2, 0.25) is 5.91 Å². The van der Waals surface area contributed by atoms with E-state index in [2.05, 4.69) is 20.9 Å². The molecule has 0 aliphatic heterocycles. The summed E-state index contributed by atoms with van der Waals surface area (Å²) >= 11 is 8.83. The van der Waals surface area contributed by atoms with Crippen molar-refractivity contribution in [3.8, 4) is 17.0 Å². The Labute approximate surface area is 273 Å². The average Bonchev–Trinajstić information content (AvgIpc) is 3.53. The summed E-state index contributed by atoms with van der Waals surface area (Å²) in [5.74, 6) is -0.160. The lowest BCUT2D eigenvalue weighted by atomic mass is 10.1. The number of carbonyl (C=O) groups excluding carboxylic acids is 3. The molecule has 5 rings (SSSR count). The first-order valence-electron chi connectivity index (χ1n) is 13.6. The van der Waals surface area contributed by atoms with Crippen LogP contribution in [-0.2, 0) is 9.59 Å². The van der Waals surface area contributed by atoms with Gasteiger partial charge in [0.05, 0.1) is 18.6 Å². The van der Waals surface area contributed by atoms with Gasteiger partial charge in [-0.1, -0.05) is 41.9 Å². The standard InChI is InChI=1S/C34H27ClN4O4S2/c1-43-27-14-10-23(11-15-27)30-20-45-34(38-30)39-31(40)21-44-28-16-12-26(13-17-28)36-33(42)29(19-22-6-5-9-25(35)18-22)37-32(41)24-7-3-2-4-8-24/h2-20H,21H2,1H3,(H,36,42)(H,37,41)(H,38,39,40)/b29-19-. The number of nitrogens with one attached hydrogen (secondary N) is 3. The molecule has 226 valence electrons. The van der Waals surface area contributed by atoms with Crippen molar-refractivity contribution in [3.05, 3.63) is 130 Å². The fourth-order valence-corrected chi connectivity index (χ4v) is 5.70. The maximum absolute atomic E-state index is 13.3. The van der Waals surface area contributed by atoms with Crippen molar-refractivity contribution in [1.82, 2.24) is 10.3 Å². The molecular formula is C34H27ClN4O4S2. The highest BCUT2D eigenvalue weighted by Crippen LogP contribution is 2.27. The molecule has 1 aromatic heterocycles. The SMILES string of the molecule is COc1ccc(-c2csc(NC(=O)CSc3ccc(NC(=O)/C(=C/c4cccc(Cl)c4)NC(=O)c4ccccc4)cc3)n2)cc1. The molecular weight excluding hydrogens is 628 g/mol. The zero-order valence-electron chi connectivity index (χ0n) is 24.0. The number of carbonyl (C=O) groups is 3. The summed E-state index contributed by atoms with van der Waals surface area (Å²) in [5, 5.41) is 11.3. The van der Waals surface area contributed by atoms with E-state index in [1.54, 1.807) is 79.9 Å². The first kappa shape index (κ1) is 31.5.